The number of benzene rings is 2. The van der Waals surface area contributed by atoms with E-state index in [9.17, 15) is 4.79 Å². The smallest absolute Gasteiger partial charge is 0.140 e. The molecule has 0 amide bonds. The number of ketones is 1. The Hall–Kier alpha value is -1.89. The maximum atomic E-state index is 12.6. The van der Waals surface area contributed by atoms with Crippen LogP contribution in [0.5, 0.6) is 0 Å². The van der Waals surface area contributed by atoms with Gasteiger partial charge in [0.1, 0.15) is 5.78 Å². The number of hydrogen-bond donors (Lipinski definition) is 0. The third kappa shape index (κ3) is 4.06. The lowest BCUT2D eigenvalue weighted by molar-refractivity contribution is -0.123. The Balaban J connectivity index is 2.07. The lowest BCUT2D eigenvalue weighted by Gasteiger charge is -2.20. The minimum Gasteiger partial charge on any atom is -0.299 e. The predicted molar refractivity (Wildman–Crippen MR) is 83.6 cm³/mol. The van der Waals surface area contributed by atoms with Crippen molar-refractivity contribution in [2.24, 2.45) is 11.8 Å². The molecular formula is C19H22O. The second-order valence-electron chi connectivity index (χ2n) is 5.67. The summed E-state index contributed by atoms with van der Waals surface area (Å²) in [5, 5.41) is 0. The van der Waals surface area contributed by atoms with Crippen molar-refractivity contribution in [3.8, 4) is 0 Å². The van der Waals surface area contributed by atoms with Crippen LogP contribution in [-0.4, -0.2) is 5.78 Å². The van der Waals surface area contributed by atoms with Crippen LogP contribution in [0.25, 0.3) is 0 Å². The molecule has 0 saturated carbocycles. The molecule has 20 heavy (non-hydrogen) atoms. The third-order valence-electron chi connectivity index (χ3n) is 3.74. The van der Waals surface area contributed by atoms with E-state index in [4.69, 9.17) is 0 Å². The fourth-order valence-electron chi connectivity index (χ4n) is 2.52. The first-order valence-corrected chi connectivity index (χ1v) is 7.27. The molecule has 1 heteroatoms. The molecule has 1 atom stereocenters. The molecule has 0 aliphatic rings. The summed E-state index contributed by atoms with van der Waals surface area (Å²) in [6.07, 6.45) is 1.38. The lowest BCUT2D eigenvalue weighted by atomic mass is 9.83. The highest BCUT2D eigenvalue weighted by atomic mass is 16.1. The molecule has 0 spiro atoms. The summed E-state index contributed by atoms with van der Waals surface area (Å²) in [5.41, 5.74) is 2.35. The molecule has 0 radical (unpaired) electrons. The van der Waals surface area contributed by atoms with Crippen LogP contribution in [0.3, 0.4) is 0 Å². The van der Waals surface area contributed by atoms with Crippen molar-refractivity contribution in [3.63, 3.8) is 0 Å². The van der Waals surface area contributed by atoms with Crippen LogP contribution < -0.4 is 0 Å². The highest BCUT2D eigenvalue weighted by molar-refractivity contribution is 5.83. The molecule has 0 unspecified atom stereocenters. The fourth-order valence-corrected chi connectivity index (χ4v) is 2.52. The van der Waals surface area contributed by atoms with Crippen molar-refractivity contribution in [1.82, 2.24) is 0 Å². The molecule has 0 N–H and O–H groups in total. The largest absolute Gasteiger partial charge is 0.299 e. The normalized spacial score (nSPS) is 12.3. The van der Waals surface area contributed by atoms with E-state index in [-0.39, 0.29) is 5.92 Å². The van der Waals surface area contributed by atoms with E-state index < -0.39 is 0 Å². The number of Topliss-reactive ketones (excluding diaryl/α,β-unsaturated/α-hetero) is 1. The van der Waals surface area contributed by atoms with Crippen LogP contribution in [0.4, 0.5) is 0 Å². The van der Waals surface area contributed by atoms with Crippen LogP contribution in [0, 0.1) is 11.8 Å². The molecule has 0 fully saturated rings. The zero-order valence-corrected chi connectivity index (χ0v) is 12.3. The van der Waals surface area contributed by atoms with E-state index in [1.54, 1.807) is 0 Å². The predicted octanol–water partition coefficient (Wildman–Crippen LogP) is 4.31. The van der Waals surface area contributed by atoms with Crippen molar-refractivity contribution in [3.05, 3.63) is 71.8 Å². The number of carbonyl (C=O) groups excluding carboxylic acids is 1. The second kappa shape index (κ2) is 7.04. The molecule has 0 heterocycles. The molecule has 1 nitrogen and oxygen atoms in total. The fraction of sp³-hybridized carbons (Fsp3) is 0.316. The van der Waals surface area contributed by atoms with Crippen molar-refractivity contribution in [2.45, 2.75) is 26.7 Å². The van der Waals surface area contributed by atoms with Crippen molar-refractivity contribution in [1.29, 1.82) is 0 Å². The minimum atomic E-state index is 0.0950. The van der Waals surface area contributed by atoms with Gasteiger partial charge in [-0.05, 0) is 23.5 Å². The van der Waals surface area contributed by atoms with Crippen molar-refractivity contribution < 1.29 is 4.79 Å². The lowest BCUT2D eigenvalue weighted by Crippen LogP contribution is -2.24. The summed E-state index contributed by atoms with van der Waals surface area (Å²) in [7, 11) is 0. The molecule has 2 rings (SSSR count). The van der Waals surface area contributed by atoms with Crippen molar-refractivity contribution >= 4 is 5.78 Å². The van der Waals surface area contributed by atoms with Crippen LogP contribution in [0.1, 0.15) is 25.0 Å². The monoisotopic (exact) mass is 266 g/mol. The molecule has 2 aromatic rings. The molecule has 0 saturated heterocycles. The molecular weight excluding hydrogens is 244 g/mol. The zero-order chi connectivity index (χ0) is 14.4. The quantitative estimate of drug-likeness (QED) is 0.761. The average Bonchev–Trinajstić information content (AvgIpc) is 2.46. The van der Waals surface area contributed by atoms with E-state index in [1.165, 1.54) is 5.56 Å². The Morgan fingerprint density at radius 3 is 1.85 bits per heavy atom. The number of hydrogen-bond acceptors (Lipinski definition) is 1. The van der Waals surface area contributed by atoms with E-state index in [0.29, 0.717) is 18.1 Å². The molecule has 0 aliphatic heterocycles. The summed E-state index contributed by atoms with van der Waals surface area (Å²) in [5.74, 6) is 0.805. The van der Waals surface area contributed by atoms with Gasteiger partial charge in [0.2, 0.25) is 0 Å². The first-order chi connectivity index (χ1) is 9.66. The van der Waals surface area contributed by atoms with Gasteiger partial charge in [0, 0.05) is 12.3 Å². The van der Waals surface area contributed by atoms with Gasteiger partial charge in [-0.1, -0.05) is 74.5 Å². The van der Waals surface area contributed by atoms with Crippen LogP contribution in [0.15, 0.2) is 60.7 Å². The maximum absolute atomic E-state index is 12.6. The average molecular weight is 266 g/mol. The van der Waals surface area contributed by atoms with Gasteiger partial charge in [0.15, 0.2) is 0 Å². The summed E-state index contributed by atoms with van der Waals surface area (Å²) < 4.78 is 0. The van der Waals surface area contributed by atoms with Crippen molar-refractivity contribution in [2.75, 3.05) is 0 Å². The zero-order valence-electron chi connectivity index (χ0n) is 12.3. The van der Waals surface area contributed by atoms with Crippen LogP contribution in [-0.2, 0) is 17.6 Å². The maximum Gasteiger partial charge on any atom is 0.140 e. The minimum absolute atomic E-state index is 0.0950. The van der Waals surface area contributed by atoms with Gasteiger partial charge in [0.05, 0.1) is 0 Å². The Labute approximate surface area is 121 Å². The first-order valence-electron chi connectivity index (χ1n) is 7.27. The number of carbonyl (C=O) groups is 1. The molecule has 0 aromatic heterocycles. The van der Waals surface area contributed by atoms with Gasteiger partial charge < -0.3 is 0 Å². The van der Waals surface area contributed by atoms with E-state index >= 15 is 0 Å². The van der Waals surface area contributed by atoms with Gasteiger partial charge >= 0.3 is 0 Å². The summed E-state index contributed by atoms with van der Waals surface area (Å²) in [6, 6.07) is 20.3. The van der Waals surface area contributed by atoms with Gasteiger partial charge in [-0.3, -0.25) is 4.79 Å². The van der Waals surface area contributed by atoms with Gasteiger partial charge in [-0.2, -0.15) is 0 Å². The second-order valence-corrected chi connectivity index (χ2v) is 5.67. The van der Waals surface area contributed by atoms with Crippen LogP contribution >= 0.6 is 0 Å². The first kappa shape index (κ1) is 14.5. The Morgan fingerprint density at radius 1 is 0.850 bits per heavy atom. The van der Waals surface area contributed by atoms with E-state index in [1.807, 2.05) is 48.5 Å². The highest BCUT2D eigenvalue weighted by Gasteiger charge is 2.22. The van der Waals surface area contributed by atoms with E-state index in [2.05, 4.69) is 26.0 Å². The molecule has 0 aliphatic carbocycles. The highest BCUT2D eigenvalue weighted by Crippen LogP contribution is 2.20. The number of rotatable bonds is 6. The van der Waals surface area contributed by atoms with Gasteiger partial charge in [-0.25, -0.2) is 0 Å². The van der Waals surface area contributed by atoms with Gasteiger partial charge in [-0.15, -0.1) is 0 Å². The Bertz CT molecular complexity index is 528. The summed E-state index contributed by atoms with van der Waals surface area (Å²) in [4.78, 5) is 12.6. The summed E-state index contributed by atoms with van der Waals surface area (Å²) >= 11 is 0. The van der Waals surface area contributed by atoms with Gasteiger partial charge in [0.25, 0.3) is 0 Å². The summed E-state index contributed by atoms with van der Waals surface area (Å²) in [6.45, 7) is 4.27. The van der Waals surface area contributed by atoms with Crippen LogP contribution in [0.2, 0.25) is 0 Å². The SMILES string of the molecule is CC(C)[C@H](Cc1ccccc1)C(=O)Cc1ccccc1. The molecule has 0 bridgehead atoms. The molecule has 2 aromatic carbocycles. The third-order valence-corrected chi connectivity index (χ3v) is 3.74. The standard InChI is InChI=1S/C19H22O/c1-15(2)18(13-16-9-5-3-6-10-16)19(20)14-17-11-7-4-8-12-17/h3-12,15,18H,13-14H2,1-2H3/t18-/m0/s1. The van der Waals surface area contributed by atoms with E-state index in [0.717, 1.165) is 12.0 Å². The topological polar surface area (TPSA) is 17.1 Å². The Morgan fingerprint density at radius 2 is 1.35 bits per heavy atom. The Kier molecular flexibility index (Phi) is 5.11. The molecule has 104 valence electrons.